The molecule has 1 aliphatic rings. The second-order valence-corrected chi connectivity index (χ2v) is 5.33. The fourth-order valence-corrected chi connectivity index (χ4v) is 2.48. The zero-order valence-corrected chi connectivity index (χ0v) is 11.8. The van der Waals surface area contributed by atoms with Crippen LogP contribution in [0.25, 0.3) is 0 Å². The van der Waals surface area contributed by atoms with E-state index in [1.807, 2.05) is 11.8 Å². The largest absolute Gasteiger partial charge is 0.508 e. The van der Waals surface area contributed by atoms with Crippen LogP contribution in [0.5, 0.6) is 11.5 Å². The van der Waals surface area contributed by atoms with Gasteiger partial charge in [-0.15, -0.1) is 0 Å². The van der Waals surface area contributed by atoms with Gasteiger partial charge in [0, 0.05) is 25.2 Å². The number of piperidine rings is 1. The lowest BCUT2D eigenvalue weighted by molar-refractivity contribution is -0.131. The second kappa shape index (κ2) is 6.61. The number of nitrogens with one attached hydrogen (secondary N) is 1. The molecule has 0 spiro atoms. The minimum Gasteiger partial charge on any atom is -0.508 e. The van der Waals surface area contributed by atoms with Gasteiger partial charge in [-0.3, -0.25) is 4.79 Å². The standard InChI is InChI=1S/C15H22N2O3/c1-11(12-7-13(18)9-14(19)8-12)16-10-15(20)17-5-3-2-4-6-17/h7-9,11,16,18-19H,2-6,10H2,1H3. The highest BCUT2D eigenvalue weighted by Gasteiger charge is 2.17. The molecule has 1 saturated heterocycles. The first kappa shape index (κ1) is 14.7. The first-order valence-electron chi connectivity index (χ1n) is 7.10. The number of carbonyl (C=O) groups excluding carboxylic acids is 1. The first-order valence-corrected chi connectivity index (χ1v) is 7.10. The highest BCUT2D eigenvalue weighted by molar-refractivity contribution is 5.78. The van der Waals surface area contributed by atoms with Crippen molar-refractivity contribution in [3.05, 3.63) is 23.8 Å². The predicted molar refractivity (Wildman–Crippen MR) is 76.6 cm³/mol. The molecule has 0 aromatic heterocycles. The van der Waals surface area contributed by atoms with Gasteiger partial charge in [0.2, 0.25) is 5.91 Å². The zero-order chi connectivity index (χ0) is 14.5. The van der Waals surface area contributed by atoms with Crippen molar-refractivity contribution in [3.8, 4) is 11.5 Å². The maximum absolute atomic E-state index is 12.0. The quantitative estimate of drug-likeness (QED) is 0.784. The lowest BCUT2D eigenvalue weighted by Crippen LogP contribution is -2.41. The van der Waals surface area contributed by atoms with Crippen LogP contribution in [0.15, 0.2) is 18.2 Å². The molecule has 1 aromatic rings. The molecule has 1 aliphatic heterocycles. The van der Waals surface area contributed by atoms with E-state index in [0.717, 1.165) is 31.5 Å². The Morgan fingerprint density at radius 2 is 1.80 bits per heavy atom. The number of phenolic OH excluding ortho intramolecular Hbond substituents is 2. The normalized spacial score (nSPS) is 16.9. The van der Waals surface area contributed by atoms with E-state index in [9.17, 15) is 15.0 Å². The summed E-state index contributed by atoms with van der Waals surface area (Å²) < 4.78 is 0. The van der Waals surface area contributed by atoms with Crippen molar-refractivity contribution in [2.24, 2.45) is 0 Å². The Hall–Kier alpha value is -1.75. The Labute approximate surface area is 119 Å². The minimum absolute atomic E-state index is 0.0241. The van der Waals surface area contributed by atoms with E-state index in [-0.39, 0.29) is 30.0 Å². The molecule has 0 bridgehead atoms. The Balaban J connectivity index is 1.87. The number of amides is 1. The maximum Gasteiger partial charge on any atom is 0.236 e. The highest BCUT2D eigenvalue weighted by Crippen LogP contribution is 2.24. The van der Waals surface area contributed by atoms with Crippen LogP contribution < -0.4 is 5.32 Å². The molecular weight excluding hydrogens is 256 g/mol. The number of rotatable bonds is 4. The number of aromatic hydroxyl groups is 2. The monoisotopic (exact) mass is 278 g/mol. The van der Waals surface area contributed by atoms with Crippen molar-refractivity contribution in [3.63, 3.8) is 0 Å². The van der Waals surface area contributed by atoms with Crippen LogP contribution in [-0.2, 0) is 4.79 Å². The highest BCUT2D eigenvalue weighted by atomic mass is 16.3. The third-order valence-electron chi connectivity index (χ3n) is 3.69. The molecule has 5 nitrogen and oxygen atoms in total. The van der Waals surface area contributed by atoms with Gasteiger partial charge in [0.1, 0.15) is 11.5 Å². The topological polar surface area (TPSA) is 72.8 Å². The molecule has 0 aliphatic carbocycles. The Kier molecular flexibility index (Phi) is 4.84. The number of phenols is 2. The van der Waals surface area contributed by atoms with Crippen molar-refractivity contribution in [1.82, 2.24) is 10.2 Å². The summed E-state index contributed by atoms with van der Waals surface area (Å²) in [6.07, 6.45) is 3.37. The molecule has 110 valence electrons. The maximum atomic E-state index is 12.0. The molecule has 5 heteroatoms. The summed E-state index contributed by atoms with van der Waals surface area (Å²) in [6.45, 7) is 3.87. The molecule has 1 aromatic carbocycles. The molecule has 3 N–H and O–H groups in total. The third kappa shape index (κ3) is 3.87. The summed E-state index contributed by atoms with van der Waals surface area (Å²) in [5, 5.41) is 22.1. The summed E-state index contributed by atoms with van der Waals surface area (Å²) in [5.41, 5.74) is 0.758. The van der Waals surface area contributed by atoms with Gasteiger partial charge >= 0.3 is 0 Å². The number of hydrogen-bond acceptors (Lipinski definition) is 4. The number of benzene rings is 1. The number of nitrogens with zero attached hydrogens (tertiary/aromatic N) is 1. The van der Waals surface area contributed by atoms with Gasteiger partial charge in [0.05, 0.1) is 6.54 Å². The SMILES string of the molecule is CC(NCC(=O)N1CCCCC1)c1cc(O)cc(O)c1. The molecular formula is C15H22N2O3. The Morgan fingerprint density at radius 3 is 2.40 bits per heavy atom. The summed E-state index contributed by atoms with van der Waals surface area (Å²) in [7, 11) is 0. The van der Waals surface area contributed by atoms with E-state index in [1.54, 1.807) is 12.1 Å². The van der Waals surface area contributed by atoms with Gasteiger partial charge in [-0.25, -0.2) is 0 Å². The minimum atomic E-state index is -0.109. The summed E-state index contributed by atoms with van der Waals surface area (Å²) in [5.74, 6) is 0.160. The molecule has 2 rings (SSSR count). The van der Waals surface area contributed by atoms with E-state index in [4.69, 9.17) is 0 Å². The van der Waals surface area contributed by atoms with E-state index < -0.39 is 0 Å². The van der Waals surface area contributed by atoms with Crippen molar-refractivity contribution >= 4 is 5.91 Å². The number of hydrogen-bond donors (Lipinski definition) is 3. The van der Waals surface area contributed by atoms with Crippen LogP contribution in [0.3, 0.4) is 0 Å². The molecule has 1 atom stereocenters. The molecule has 1 amide bonds. The Bertz CT molecular complexity index is 450. The summed E-state index contributed by atoms with van der Waals surface area (Å²) in [6, 6.07) is 4.35. The zero-order valence-electron chi connectivity index (χ0n) is 11.8. The third-order valence-corrected chi connectivity index (χ3v) is 3.69. The molecule has 1 fully saturated rings. The van der Waals surface area contributed by atoms with Gasteiger partial charge in [0.15, 0.2) is 0 Å². The second-order valence-electron chi connectivity index (χ2n) is 5.33. The van der Waals surface area contributed by atoms with Crippen LogP contribution in [0, 0.1) is 0 Å². The predicted octanol–water partition coefficient (Wildman–Crippen LogP) is 1.76. The molecule has 1 unspecified atom stereocenters. The molecule has 0 saturated carbocycles. The molecule has 20 heavy (non-hydrogen) atoms. The van der Waals surface area contributed by atoms with Crippen molar-refractivity contribution in [1.29, 1.82) is 0 Å². The average molecular weight is 278 g/mol. The van der Waals surface area contributed by atoms with Crippen LogP contribution >= 0.6 is 0 Å². The lowest BCUT2D eigenvalue weighted by Gasteiger charge is -2.27. The van der Waals surface area contributed by atoms with Crippen LogP contribution in [0.4, 0.5) is 0 Å². The number of likely N-dealkylation sites (tertiary alicyclic amines) is 1. The molecule has 0 radical (unpaired) electrons. The van der Waals surface area contributed by atoms with E-state index in [2.05, 4.69) is 5.32 Å². The Morgan fingerprint density at radius 1 is 1.20 bits per heavy atom. The van der Waals surface area contributed by atoms with Gasteiger partial charge in [-0.2, -0.15) is 0 Å². The average Bonchev–Trinajstić information content (AvgIpc) is 2.44. The van der Waals surface area contributed by atoms with Crippen LogP contribution in [0.2, 0.25) is 0 Å². The van der Waals surface area contributed by atoms with Crippen molar-refractivity contribution in [2.75, 3.05) is 19.6 Å². The van der Waals surface area contributed by atoms with E-state index >= 15 is 0 Å². The fourth-order valence-electron chi connectivity index (χ4n) is 2.48. The van der Waals surface area contributed by atoms with Crippen LogP contribution in [-0.4, -0.2) is 40.7 Å². The van der Waals surface area contributed by atoms with Crippen LogP contribution in [0.1, 0.15) is 37.8 Å². The smallest absolute Gasteiger partial charge is 0.236 e. The van der Waals surface area contributed by atoms with Gasteiger partial charge < -0.3 is 20.4 Å². The van der Waals surface area contributed by atoms with Crippen molar-refractivity contribution in [2.45, 2.75) is 32.2 Å². The van der Waals surface area contributed by atoms with Gasteiger partial charge in [-0.05, 0) is 43.9 Å². The summed E-state index contributed by atoms with van der Waals surface area (Å²) in [4.78, 5) is 13.9. The van der Waals surface area contributed by atoms with E-state index in [1.165, 1.54) is 12.5 Å². The van der Waals surface area contributed by atoms with Gasteiger partial charge in [-0.1, -0.05) is 0 Å². The lowest BCUT2D eigenvalue weighted by atomic mass is 10.1. The number of carbonyl (C=O) groups is 1. The molecule has 1 heterocycles. The summed E-state index contributed by atoms with van der Waals surface area (Å²) >= 11 is 0. The van der Waals surface area contributed by atoms with Gasteiger partial charge in [0.25, 0.3) is 0 Å². The van der Waals surface area contributed by atoms with Crippen molar-refractivity contribution < 1.29 is 15.0 Å². The fraction of sp³-hybridized carbons (Fsp3) is 0.533. The van der Waals surface area contributed by atoms with E-state index in [0.29, 0.717) is 0 Å². The first-order chi connectivity index (χ1) is 9.56.